The molecule has 2 aromatic heterocycles. The lowest BCUT2D eigenvalue weighted by molar-refractivity contribution is 0.679. The van der Waals surface area contributed by atoms with Crippen molar-refractivity contribution in [1.29, 1.82) is 5.41 Å². The Hall–Kier alpha value is -1.82. The molecule has 0 aromatic carbocycles. The molecule has 1 unspecified atom stereocenters. The normalized spacial score (nSPS) is 12.4. The summed E-state index contributed by atoms with van der Waals surface area (Å²) in [7, 11) is 3.89. The van der Waals surface area contributed by atoms with Gasteiger partial charge in [-0.1, -0.05) is 6.07 Å². The Labute approximate surface area is 117 Å². The van der Waals surface area contributed by atoms with Crippen LogP contribution in [0.3, 0.4) is 0 Å². The van der Waals surface area contributed by atoms with Crippen LogP contribution in [0.4, 0.5) is 5.82 Å². The minimum absolute atomic E-state index is 0.0610. The van der Waals surface area contributed by atoms with Crippen LogP contribution in [0, 0.1) is 12.3 Å². The second kappa shape index (κ2) is 5.05. The Morgan fingerprint density at radius 2 is 2.26 bits per heavy atom. The molecule has 6 heteroatoms. The van der Waals surface area contributed by atoms with Gasteiger partial charge in [-0.2, -0.15) is 5.10 Å². The lowest BCUT2D eigenvalue weighted by Gasteiger charge is -2.27. The van der Waals surface area contributed by atoms with Gasteiger partial charge in [0, 0.05) is 19.0 Å². The van der Waals surface area contributed by atoms with Crippen LogP contribution in [0.1, 0.15) is 29.1 Å². The third kappa shape index (κ3) is 2.35. The van der Waals surface area contributed by atoms with E-state index in [1.54, 1.807) is 16.0 Å². The molecular weight excluding hydrogens is 258 g/mol. The van der Waals surface area contributed by atoms with Gasteiger partial charge in [0.05, 0.1) is 17.3 Å². The average Bonchev–Trinajstić information content (AvgIpc) is 2.94. The highest BCUT2D eigenvalue weighted by molar-refractivity contribution is 7.10. The second-order valence-electron chi connectivity index (χ2n) is 4.62. The van der Waals surface area contributed by atoms with E-state index in [1.807, 2.05) is 27.1 Å². The summed E-state index contributed by atoms with van der Waals surface area (Å²) in [5.74, 6) is 0.941. The first-order chi connectivity index (χ1) is 8.93. The number of thiophene rings is 1. The number of amidine groups is 1. The van der Waals surface area contributed by atoms with E-state index in [0.717, 1.165) is 11.5 Å². The highest BCUT2D eigenvalue weighted by Gasteiger charge is 2.23. The highest BCUT2D eigenvalue weighted by Crippen LogP contribution is 2.31. The van der Waals surface area contributed by atoms with Gasteiger partial charge in [0.2, 0.25) is 0 Å². The third-order valence-corrected chi connectivity index (χ3v) is 4.37. The summed E-state index contributed by atoms with van der Waals surface area (Å²) in [6, 6.07) is 4.38. The fourth-order valence-corrected chi connectivity index (χ4v) is 3.10. The lowest BCUT2D eigenvalue weighted by atomic mass is 10.2. The third-order valence-electron chi connectivity index (χ3n) is 3.33. The van der Waals surface area contributed by atoms with Crippen molar-refractivity contribution in [2.75, 3.05) is 11.9 Å². The van der Waals surface area contributed by atoms with Crippen molar-refractivity contribution in [3.63, 3.8) is 0 Å². The second-order valence-corrected chi connectivity index (χ2v) is 5.60. The van der Waals surface area contributed by atoms with Crippen LogP contribution >= 0.6 is 11.3 Å². The van der Waals surface area contributed by atoms with E-state index < -0.39 is 0 Å². The molecule has 3 N–H and O–H groups in total. The number of nitrogen functional groups attached to an aromatic ring is 1. The van der Waals surface area contributed by atoms with Crippen molar-refractivity contribution >= 4 is 23.0 Å². The van der Waals surface area contributed by atoms with Crippen LogP contribution < -0.4 is 10.6 Å². The smallest absolute Gasteiger partial charge is 0.138 e. The number of aromatic nitrogens is 2. The first-order valence-corrected chi connectivity index (χ1v) is 6.95. The zero-order valence-corrected chi connectivity index (χ0v) is 12.5. The number of rotatable bonds is 4. The molecule has 0 saturated carbocycles. The van der Waals surface area contributed by atoms with Gasteiger partial charge in [-0.3, -0.25) is 10.1 Å². The summed E-state index contributed by atoms with van der Waals surface area (Å²) in [5, 5.41) is 14.2. The van der Waals surface area contributed by atoms with Gasteiger partial charge in [0.25, 0.3) is 0 Å². The van der Waals surface area contributed by atoms with Gasteiger partial charge in [-0.15, -0.1) is 11.3 Å². The Balaban J connectivity index is 2.44. The molecule has 0 aliphatic rings. The Morgan fingerprint density at radius 3 is 2.79 bits per heavy atom. The minimum atomic E-state index is 0.0610. The van der Waals surface area contributed by atoms with E-state index in [0.29, 0.717) is 5.56 Å². The van der Waals surface area contributed by atoms with Gasteiger partial charge >= 0.3 is 0 Å². The molecule has 0 saturated heterocycles. The van der Waals surface area contributed by atoms with E-state index in [-0.39, 0.29) is 11.9 Å². The fourth-order valence-electron chi connectivity index (χ4n) is 2.27. The number of hydrogen-bond acceptors (Lipinski definition) is 4. The molecule has 0 aliphatic heterocycles. The van der Waals surface area contributed by atoms with Gasteiger partial charge < -0.3 is 10.6 Å². The molecule has 5 nitrogen and oxygen atoms in total. The molecule has 0 amide bonds. The fraction of sp³-hybridized carbons (Fsp3) is 0.385. The molecule has 19 heavy (non-hydrogen) atoms. The molecule has 0 radical (unpaired) electrons. The van der Waals surface area contributed by atoms with Crippen molar-refractivity contribution in [3.05, 3.63) is 33.6 Å². The maximum absolute atomic E-state index is 7.74. The largest absolute Gasteiger partial charge is 0.384 e. The quantitative estimate of drug-likeness (QED) is 0.665. The molecule has 0 aliphatic carbocycles. The molecule has 0 fully saturated rings. The van der Waals surface area contributed by atoms with Gasteiger partial charge in [0.1, 0.15) is 11.7 Å². The Morgan fingerprint density at radius 1 is 1.58 bits per heavy atom. The van der Waals surface area contributed by atoms with Crippen LogP contribution in [-0.2, 0) is 7.05 Å². The average molecular weight is 277 g/mol. The standard InChI is InChI=1S/C13H19N5S/c1-8-11(12(14)15)13(18(4)16-8)17(3)9(2)10-6-5-7-19-10/h5-7,9H,1-4H3,(H3,14,15). The van der Waals surface area contributed by atoms with E-state index in [4.69, 9.17) is 11.1 Å². The predicted molar refractivity (Wildman–Crippen MR) is 80.1 cm³/mol. The van der Waals surface area contributed by atoms with Crippen LogP contribution in [-0.4, -0.2) is 22.7 Å². The first-order valence-electron chi connectivity index (χ1n) is 6.07. The van der Waals surface area contributed by atoms with E-state index >= 15 is 0 Å². The van der Waals surface area contributed by atoms with Gasteiger partial charge in [-0.25, -0.2) is 0 Å². The van der Waals surface area contributed by atoms with Crippen LogP contribution in [0.2, 0.25) is 0 Å². The van der Waals surface area contributed by atoms with E-state index in [2.05, 4.69) is 28.4 Å². The minimum Gasteiger partial charge on any atom is -0.384 e. The zero-order valence-electron chi connectivity index (χ0n) is 11.6. The summed E-state index contributed by atoms with van der Waals surface area (Å²) in [6.45, 7) is 4.02. The van der Waals surface area contributed by atoms with Crippen LogP contribution in [0.25, 0.3) is 0 Å². The van der Waals surface area contributed by atoms with Crippen molar-refractivity contribution in [2.24, 2.45) is 12.8 Å². The number of hydrogen-bond donors (Lipinski definition) is 2. The monoisotopic (exact) mass is 277 g/mol. The Kier molecular flexibility index (Phi) is 3.61. The maximum atomic E-state index is 7.74. The molecular formula is C13H19N5S. The first kappa shape index (κ1) is 13.6. The number of aryl methyl sites for hydroxylation is 2. The summed E-state index contributed by atoms with van der Waals surface area (Å²) < 4.78 is 1.79. The molecule has 102 valence electrons. The van der Waals surface area contributed by atoms with E-state index in [1.165, 1.54) is 4.88 Å². The van der Waals surface area contributed by atoms with Crippen molar-refractivity contribution in [1.82, 2.24) is 9.78 Å². The number of nitrogens with two attached hydrogens (primary N) is 1. The van der Waals surface area contributed by atoms with Gasteiger partial charge in [0.15, 0.2) is 0 Å². The summed E-state index contributed by atoms with van der Waals surface area (Å²) >= 11 is 1.72. The summed E-state index contributed by atoms with van der Waals surface area (Å²) in [6.07, 6.45) is 0. The molecule has 2 rings (SSSR count). The van der Waals surface area contributed by atoms with Crippen molar-refractivity contribution < 1.29 is 0 Å². The maximum Gasteiger partial charge on any atom is 0.138 e. The zero-order chi connectivity index (χ0) is 14.2. The molecule has 0 bridgehead atoms. The number of anilines is 1. The van der Waals surface area contributed by atoms with E-state index in [9.17, 15) is 0 Å². The summed E-state index contributed by atoms with van der Waals surface area (Å²) in [4.78, 5) is 3.39. The predicted octanol–water partition coefficient (Wildman–Crippen LogP) is 2.27. The highest BCUT2D eigenvalue weighted by atomic mass is 32.1. The number of nitrogens with one attached hydrogen (secondary N) is 1. The topological polar surface area (TPSA) is 70.9 Å². The van der Waals surface area contributed by atoms with Crippen molar-refractivity contribution in [3.8, 4) is 0 Å². The molecule has 1 atom stereocenters. The SMILES string of the molecule is Cc1nn(C)c(N(C)C(C)c2cccs2)c1C(=N)N. The van der Waals surface area contributed by atoms with Gasteiger partial charge in [-0.05, 0) is 25.3 Å². The lowest BCUT2D eigenvalue weighted by Crippen LogP contribution is -2.26. The van der Waals surface area contributed by atoms with Crippen LogP contribution in [0.15, 0.2) is 17.5 Å². The molecule has 2 heterocycles. The number of nitrogens with zero attached hydrogens (tertiary/aromatic N) is 3. The van der Waals surface area contributed by atoms with Crippen molar-refractivity contribution in [2.45, 2.75) is 19.9 Å². The molecule has 0 spiro atoms. The Bertz CT molecular complexity index is 584. The van der Waals surface area contributed by atoms with Crippen LogP contribution in [0.5, 0.6) is 0 Å². The summed E-state index contributed by atoms with van der Waals surface area (Å²) in [5.41, 5.74) is 7.19. The molecule has 2 aromatic rings.